The van der Waals surface area contributed by atoms with Gasteiger partial charge in [0.2, 0.25) is 10.0 Å². The van der Waals surface area contributed by atoms with E-state index in [0.717, 1.165) is 6.42 Å². The molecule has 1 aliphatic carbocycles. The summed E-state index contributed by atoms with van der Waals surface area (Å²) in [6.07, 6.45) is 3.17. The second-order valence-corrected chi connectivity index (χ2v) is 8.48. The van der Waals surface area contributed by atoms with Gasteiger partial charge in [-0.15, -0.1) is 0 Å². The second kappa shape index (κ2) is 6.74. The van der Waals surface area contributed by atoms with Crippen molar-refractivity contribution in [2.75, 3.05) is 6.54 Å². The molecule has 136 valence electrons. The van der Waals surface area contributed by atoms with E-state index < -0.39 is 15.8 Å². The van der Waals surface area contributed by atoms with Gasteiger partial charge in [0.1, 0.15) is 0 Å². The highest BCUT2D eigenvalue weighted by atomic mass is 32.2. The van der Waals surface area contributed by atoms with E-state index in [1.54, 1.807) is 0 Å². The number of fused-ring (bicyclic) bond motifs is 1. The van der Waals surface area contributed by atoms with E-state index in [4.69, 9.17) is 4.42 Å². The SMILES string of the molecule is O=c1[nH]c2ccc(S(=O)(=O)NCCC(c3ccccc3)C3CC3)cc2o1. The number of aromatic nitrogens is 1. The van der Waals surface area contributed by atoms with Crippen LogP contribution < -0.4 is 10.5 Å². The molecule has 2 N–H and O–H groups in total. The van der Waals surface area contributed by atoms with E-state index in [0.29, 0.717) is 23.9 Å². The summed E-state index contributed by atoms with van der Waals surface area (Å²) in [6, 6.07) is 14.6. The Balaban J connectivity index is 1.46. The van der Waals surface area contributed by atoms with Crippen molar-refractivity contribution in [1.29, 1.82) is 0 Å². The molecule has 1 unspecified atom stereocenters. The highest BCUT2D eigenvalue weighted by Crippen LogP contribution is 2.44. The molecule has 1 heterocycles. The molecule has 1 atom stereocenters. The molecule has 0 amide bonds. The van der Waals surface area contributed by atoms with E-state index >= 15 is 0 Å². The van der Waals surface area contributed by atoms with Gasteiger partial charge in [0.05, 0.1) is 10.4 Å². The summed E-state index contributed by atoms with van der Waals surface area (Å²) in [4.78, 5) is 13.8. The van der Waals surface area contributed by atoms with Crippen LogP contribution >= 0.6 is 0 Å². The molecule has 0 spiro atoms. The topological polar surface area (TPSA) is 92.2 Å². The Morgan fingerprint density at radius 3 is 2.65 bits per heavy atom. The van der Waals surface area contributed by atoms with E-state index in [1.807, 2.05) is 18.2 Å². The molecule has 0 radical (unpaired) electrons. The lowest BCUT2D eigenvalue weighted by Crippen LogP contribution is -2.26. The molecular weight excluding hydrogens is 352 g/mol. The zero-order valence-electron chi connectivity index (χ0n) is 14.1. The number of rotatable bonds is 7. The third-order valence-corrected chi connectivity index (χ3v) is 6.33. The molecular formula is C19H20N2O4S. The Morgan fingerprint density at radius 2 is 1.92 bits per heavy atom. The largest absolute Gasteiger partial charge is 0.417 e. The quantitative estimate of drug-likeness (QED) is 0.667. The molecule has 0 aliphatic heterocycles. The predicted molar refractivity (Wildman–Crippen MR) is 98.5 cm³/mol. The fourth-order valence-electron chi connectivity index (χ4n) is 3.40. The van der Waals surface area contributed by atoms with Crippen molar-refractivity contribution in [3.63, 3.8) is 0 Å². The van der Waals surface area contributed by atoms with Gasteiger partial charge in [-0.1, -0.05) is 30.3 Å². The van der Waals surface area contributed by atoms with Crippen molar-refractivity contribution in [3.8, 4) is 0 Å². The summed E-state index contributed by atoms with van der Waals surface area (Å²) < 4.78 is 32.7. The van der Waals surface area contributed by atoms with E-state index in [1.165, 1.54) is 36.6 Å². The maximum Gasteiger partial charge on any atom is 0.417 e. The maximum absolute atomic E-state index is 12.5. The van der Waals surface area contributed by atoms with Crippen LogP contribution in [0.1, 0.15) is 30.7 Å². The minimum absolute atomic E-state index is 0.0930. The van der Waals surface area contributed by atoms with Gasteiger partial charge in [-0.25, -0.2) is 17.9 Å². The summed E-state index contributed by atoms with van der Waals surface area (Å²) in [5, 5.41) is 0. The number of aromatic amines is 1. The Labute approximate surface area is 151 Å². The Bertz CT molecular complexity index is 1070. The molecule has 1 fully saturated rings. The average molecular weight is 372 g/mol. The van der Waals surface area contributed by atoms with Crippen LogP contribution in [0.4, 0.5) is 0 Å². The molecule has 1 saturated carbocycles. The standard InChI is InChI=1S/C19H20N2O4S/c22-19-21-17-9-8-15(12-18(17)25-19)26(23,24)20-11-10-16(14-6-7-14)13-4-2-1-3-5-13/h1-5,8-9,12,14,16,20H,6-7,10-11H2,(H,21,22). The van der Waals surface area contributed by atoms with Gasteiger partial charge in [0, 0.05) is 12.6 Å². The molecule has 4 rings (SSSR count). The van der Waals surface area contributed by atoms with Crippen LogP contribution in [-0.2, 0) is 10.0 Å². The highest BCUT2D eigenvalue weighted by Gasteiger charge is 2.32. The summed E-state index contributed by atoms with van der Waals surface area (Å²) in [5.74, 6) is 0.425. The van der Waals surface area contributed by atoms with Gasteiger partial charge >= 0.3 is 5.76 Å². The Hall–Kier alpha value is -2.38. The van der Waals surface area contributed by atoms with Crippen LogP contribution in [0.25, 0.3) is 11.1 Å². The number of hydrogen-bond acceptors (Lipinski definition) is 4. The maximum atomic E-state index is 12.5. The average Bonchev–Trinajstić information content (AvgIpc) is 3.39. The van der Waals surface area contributed by atoms with Crippen LogP contribution in [-0.4, -0.2) is 19.9 Å². The molecule has 2 aromatic carbocycles. The lowest BCUT2D eigenvalue weighted by atomic mass is 9.91. The first-order valence-corrected chi connectivity index (χ1v) is 10.2. The summed E-state index contributed by atoms with van der Waals surface area (Å²) in [5.41, 5.74) is 1.98. The third-order valence-electron chi connectivity index (χ3n) is 4.87. The van der Waals surface area contributed by atoms with Gasteiger partial charge in [-0.3, -0.25) is 4.98 Å². The number of nitrogens with one attached hydrogen (secondary N) is 2. The van der Waals surface area contributed by atoms with E-state index in [-0.39, 0.29) is 10.5 Å². The lowest BCUT2D eigenvalue weighted by molar-refractivity contribution is 0.537. The molecule has 1 aromatic heterocycles. The van der Waals surface area contributed by atoms with Crippen molar-refractivity contribution >= 4 is 21.1 Å². The summed E-state index contributed by atoms with van der Waals surface area (Å²) in [7, 11) is -3.65. The fraction of sp³-hybridized carbons (Fsp3) is 0.316. The Morgan fingerprint density at radius 1 is 1.15 bits per heavy atom. The van der Waals surface area contributed by atoms with E-state index in [2.05, 4.69) is 21.8 Å². The van der Waals surface area contributed by atoms with Crippen LogP contribution in [0.15, 0.2) is 62.6 Å². The number of H-pyrrole nitrogens is 1. The molecule has 0 saturated heterocycles. The predicted octanol–water partition coefficient (Wildman–Crippen LogP) is 2.98. The number of hydrogen-bond donors (Lipinski definition) is 2. The third kappa shape index (κ3) is 3.59. The van der Waals surface area contributed by atoms with Gasteiger partial charge < -0.3 is 4.42 Å². The van der Waals surface area contributed by atoms with Crippen molar-refractivity contribution in [2.45, 2.75) is 30.1 Å². The van der Waals surface area contributed by atoms with Crippen molar-refractivity contribution in [2.24, 2.45) is 5.92 Å². The molecule has 0 bridgehead atoms. The van der Waals surface area contributed by atoms with Crippen LogP contribution in [0.3, 0.4) is 0 Å². The minimum atomic E-state index is -3.65. The number of sulfonamides is 1. The number of oxazole rings is 1. The van der Waals surface area contributed by atoms with Crippen molar-refractivity contribution in [1.82, 2.24) is 9.71 Å². The summed E-state index contributed by atoms with van der Waals surface area (Å²) >= 11 is 0. The second-order valence-electron chi connectivity index (χ2n) is 6.71. The first-order chi connectivity index (χ1) is 12.5. The first kappa shape index (κ1) is 17.1. The first-order valence-electron chi connectivity index (χ1n) is 8.70. The minimum Gasteiger partial charge on any atom is -0.408 e. The van der Waals surface area contributed by atoms with Crippen molar-refractivity contribution in [3.05, 3.63) is 64.6 Å². The normalized spacial score (nSPS) is 16.0. The summed E-state index contributed by atoms with van der Waals surface area (Å²) in [6.45, 7) is 0.369. The number of benzene rings is 2. The highest BCUT2D eigenvalue weighted by molar-refractivity contribution is 7.89. The molecule has 26 heavy (non-hydrogen) atoms. The molecule has 1 aliphatic rings. The lowest BCUT2D eigenvalue weighted by Gasteiger charge is -2.17. The Kier molecular flexibility index (Phi) is 4.42. The molecule has 6 nitrogen and oxygen atoms in total. The smallest absolute Gasteiger partial charge is 0.408 e. The van der Waals surface area contributed by atoms with Gasteiger partial charge in [-0.2, -0.15) is 0 Å². The van der Waals surface area contributed by atoms with E-state index in [9.17, 15) is 13.2 Å². The fourth-order valence-corrected chi connectivity index (χ4v) is 4.46. The van der Waals surface area contributed by atoms with Gasteiger partial charge in [0.15, 0.2) is 5.58 Å². The van der Waals surface area contributed by atoms with Crippen LogP contribution in [0.2, 0.25) is 0 Å². The zero-order chi connectivity index (χ0) is 18.1. The van der Waals surface area contributed by atoms with Crippen LogP contribution in [0, 0.1) is 5.92 Å². The van der Waals surface area contributed by atoms with Gasteiger partial charge in [-0.05, 0) is 48.8 Å². The zero-order valence-corrected chi connectivity index (χ0v) is 15.0. The molecule has 3 aromatic rings. The van der Waals surface area contributed by atoms with Gasteiger partial charge in [0.25, 0.3) is 0 Å². The monoisotopic (exact) mass is 372 g/mol. The van der Waals surface area contributed by atoms with Crippen LogP contribution in [0.5, 0.6) is 0 Å². The van der Waals surface area contributed by atoms with Crippen molar-refractivity contribution < 1.29 is 12.8 Å². The molecule has 7 heteroatoms.